The van der Waals surface area contributed by atoms with Crippen molar-refractivity contribution in [2.45, 2.75) is 25.6 Å². The molecule has 2 aliphatic heterocycles. The zero-order valence-corrected chi connectivity index (χ0v) is 11.8. The van der Waals surface area contributed by atoms with Crippen LogP contribution < -0.4 is 0 Å². The summed E-state index contributed by atoms with van der Waals surface area (Å²) in [5, 5.41) is 0. The summed E-state index contributed by atoms with van der Waals surface area (Å²) in [6, 6.07) is -0.219. The summed E-state index contributed by atoms with van der Waals surface area (Å²) < 4.78 is 10.6. The summed E-state index contributed by atoms with van der Waals surface area (Å²) in [5.41, 5.74) is -1.33. The zero-order chi connectivity index (χ0) is 14.5. The smallest absolute Gasteiger partial charge is 0.329 e. The van der Waals surface area contributed by atoms with Gasteiger partial charge in [0.25, 0.3) is 5.91 Å². The van der Waals surface area contributed by atoms with Crippen molar-refractivity contribution in [3.05, 3.63) is 36.0 Å². The number of methoxy groups -OCH3 is 1. The summed E-state index contributed by atoms with van der Waals surface area (Å²) in [6.07, 6.45) is 8.80. The van der Waals surface area contributed by atoms with Crippen molar-refractivity contribution < 1.29 is 19.1 Å². The molecule has 2 atom stereocenters. The average molecular weight is 275 g/mol. The highest BCUT2D eigenvalue weighted by Gasteiger charge is 2.65. The minimum absolute atomic E-state index is 0.219. The first-order valence-corrected chi connectivity index (χ1v) is 6.58. The van der Waals surface area contributed by atoms with Crippen LogP contribution in [0.2, 0.25) is 0 Å². The van der Waals surface area contributed by atoms with Gasteiger partial charge in [0.05, 0.1) is 19.8 Å². The third-order valence-corrected chi connectivity index (χ3v) is 4.21. The third kappa shape index (κ3) is 1.41. The SMILES string of the molecule is COC(=O)C12C=CC=CC=C1C1COC(C)(C)N1C2=O. The average Bonchev–Trinajstić information content (AvgIpc) is 2.74. The maximum Gasteiger partial charge on any atom is 0.329 e. The summed E-state index contributed by atoms with van der Waals surface area (Å²) in [6.45, 7) is 4.06. The first kappa shape index (κ1) is 13.1. The monoisotopic (exact) mass is 275 g/mol. The molecule has 0 aromatic rings. The van der Waals surface area contributed by atoms with E-state index in [0.717, 1.165) is 5.57 Å². The van der Waals surface area contributed by atoms with Crippen LogP contribution in [0.1, 0.15) is 13.8 Å². The number of rotatable bonds is 1. The van der Waals surface area contributed by atoms with Crippen LogP contribution in [0.25, 0.3) is 0 Å². The molecule has 2 fully saturated rings. The second-order valence-corrected chi connectivity index (χ2v) is 5.61. The molecule has 2 saturated heterocycles. The Hall–Kier alpha value is -1.88. The molecule has 0 spiro atoms. The minimum atomic E-state index is -1.34. The first-order valence-electron chi connectivity index (χ1n) is 6.58. The molecule has 0 aromatic carbocycles. The van der Waals surface area contributed by atoms with Crippen LogP contribution in [0.15, 0.2) is 36.0 Å². The summed E-state index contributed by atoms with van der Waals surface area (Å²) in [5.74, 6) is -0.818. The predicted molar refractivity (Wildman–Crippen MR) is 71.5 cm³/mol. The van der Waals surface area contributed by atoms with Crippen molar-refractivity contribution in [1.29, 1.82) is 0 Å². The minimum Gasteiger partial charge on any atom is -0.468 e. The van der Waals surface area contributed by atoms with Crippen molar-refractivity contribution in [3.8, 4) is 0 Å². The fourth-order valence-electron chi connectivity index (χ4n) is 3.26. The molecule has 20 heavy (non-hydrogen) atoms. The highest BCUT2D eigenvalue weighted by molar-refractivity contribution is 6.11. The van der Waals surface area contributed by atoms with E-state index in [2.05, 4.69) is 0 Å². The van der Waals surface area contributed by atoms with E-state index in [0.29, 0.717) is 6.61 Å². The van der Waals surface area contributed by atoms with E-state index in [-0.39, 0.29) is 11.9 Å². The molecule has 3 aliphatic rings. The van der Waals surface area contributed by atoms with Gasteiger partial charge in [0.1, 0.15) is 5.72 Å². The highest BCUT2D eigenvalue weighted by atomic mass is 16.5. The molecule has 5 nitrogen and oxygen atoms in total. The van der Waals surface area contributed by atoms with Gasteiger partial charge in [0.15, 0.2) is 5.41 Å². The Balaban J connectivity index is 2.21. The highest BCUT2D eigenvalue weighted by Crippen LogP contribution is 2.50. The number of ether oxygens (including phenoxy) is 2. The van der Waals surface area contributed by atoms with Crippen LogP contribution in [0.3, 0.4) is 0 Å². The van der Waals surface area contributed by atoms with Gasteiger partial charge in [-0.05, 0) is 19.4 Å². The number of nitrogens with zero attached hydrogens (tertiary/aromatic N) is 1. The van der Waals surface area contributed by atoms with E-state index in [1.807, 2.05) is 26.0 Å². The molecule has 0 aromatic heterocycles. The molecule has 3 rings (SSSR count). The Kier molecular flexibility index (Phi) is 2.66. The molecule has 0 N–H and O–H groups in total. The normalized spacial score (nSPS) is 33.5. The molecule has 106 valence electrons. The fraction of sp³-hybridized carbons (Fsp3) is 0.467. The molecule has 1 amide bonds. The Labute approximate surface area is 117 Å². The van der Waals surface area contributed by atoms with Gasteiger partial charge in [-0.2, -0.15) is 0 Å². The number of hydrogen-bond acceptors (Lipinski definition) is 4. The van der Waals surface area contributed by atoms with Crippen molar-refractivity contribution in [2.75, 3.05) is 13.7 Å². The number of carbonyl (C=O) groups is 2. The van der Waals surface area contributed by atoms with E-state index in [4.69, 9.17) is 9.47 Å². The number of hydrogen-bond donors (Lipinski definition) is 0. The van der Waals surface area contributed by atoms with Gasteiger partial charge in [-0.25, -0.2) is 0 Å². The topological polar surface area (TPSA) is 55.8 Å². The van der Waals surface area contributed by atoms with E-state index in [1.54, 1.807) is 23.1 Å². The molecule has 0 saturated carbocycles. The van der Waals surface area contributed by atoms with E-state index < -0.39 is 17.1 Å². The van der Waals surface area contributed by atoms with Gasteiger partial charge in [-0.3, -0.25) is 9.59 Å². The molecule has 5 heteroatoms. The molecule has 2 heterocycles. The van der Waals surface area contributed by atoms with Gasteiger partial charge in [-0.15, -0.1) is 0 Å². The van der Waals surface area contributed by atoms with Gasteiger partial charge >= 0.3 is 5.97 Å². The molecule has 0 bridgehead atoms. The maximum absolute atomic E-state index is 12.9. The van der Waals surface area contributed by atoms with Gasteiger partial charge in [-0.1, -0.05) is 30.4 Å². The van der Waals surface area contributed by atoms with Gasteiger partial charge in [0, 0.05) is 0 Å². The van der Waals surface area contributed by atoms with Gasteiger partial charge in [0.2, 0.25) is 0 Å². The molecule has 0 radical (unpaired) electrons. The number of carbonyl (C=O) groups excluding carboxylic acids is 2. The second kappa shape index (κ2) is 4.06. The van der Waals surface area contributed by atoms with Crippen LogP contribution in [-0.4, -0.2) is 42.3 Å². The van der Waals surface area contributed by atoms with E-state index >= 15 is 0 Å². The predicted octanol–water partition coefficient (Wildman–Crippen LogP) is 1.18. The molecule has 2 unspecified atom stereocenters. The lowest BCUT2D eigenvalue weighted by molar-refractivity contribution is -0.159. The zero-order valence-electron chi connectivity index (χ0n) is 11.8. The van der Waals surface area contributed by atoms with Crippen molar-refractivity contribution in [1.82, 2.24) is 4.90 Å². The van der Waals surface area contributed by atoms with Crippen molar-refractivity contribution in [3.63, 3.8) is 0 Å². The Morgan fingerprint density at radius 1 is 1.40 bits per heavy atom. The Morgan fingerprint density at radius 2 is 2.15 bits per heavy atom. The van der Waals surface area contributed by atoms with E-state index in [1.165, 1.54) is 7.11 Å². The summed E-state index contributed by atoms with van der Waals surface area (Å²) in [7, 11) is 1.30. The van der Waals surface area contributed by atoms with Crippen molar-refractivity contribution in [2.24, 2.45) is 5.41 Å². The van der Waals surface area contributed by atoms with Crippen LogP contribution in [0.4, 0.5) is 0 Å². The Morgan fingerprint density at radius 3 is 2.85 bits per heavy atom. The lowest BCUT2D eigenvalue weighted by Gasteiger charge is -2.30. The summed E-state index contributed by atoms with van der Waals surface area (Å²) >= 11 is 0. The standard InChI is InChI=1S/C15H17NO4/c1-14(2)16-11(9-20-14)10-7-5-4-6-8-15(10,12(16)17)13(18)19-3/h4-8,11H,9H2,1-3H3. The maximum atomic E-state index is 12.9. The second-order valence-electron chi connectivity index (χ2n) is 5.61. The lowest BCUT2D eigenvalue weighted by atomic mass is 9.79. The number of fused-ring (bicyclic) bond motifs is 3. The third-order valence-electron chi connectivity index (χ3n) is 4.21. The largest absolute Gasteiger partial charge is 0.468 e. The Bertz CT molecular complexity index is 572. The summed E-state index contributed by atoms with van der Waals surface area (Å²) in [4.78, 5) is 26.9. The van der Waals surface area contributed by atoms with Gasteiger partial charge < -0.3 is 14.4 Å². The van der Waals surface area contributed by atoms with Crippen LogP contribution in [-0.2, 0) is 19.1 Å². The molecular weight excluding hydrogens is 258 g/mol. The molecule has 1 aliphatic carbocycles. The molecular formula is C15H17NO4. The van der Waals surface area contributed by atoms with Crippen LogP contribution in [0, 0.1) is 5.41 Å². The van der Waals surface area contributed by atoms with Crippen LogP contribution >= 0.6 is 0 Å². The number of amides is 1. The van der Waals surface area contributed by atoms with Crippen LogP contribution in [0.5, 0.6) is 0 Å². The fourth-order valence-corrected chi connectivity index (χ4v) is 3.26. The first-order chi connectivity index (χ1) is 9.45. The quantitative estimate of drug-likeness (QED) is 0.532. The number of allylic oxidation sites excluding steroid dienone is 4. The van der Waals surface area contributed by atoms with E-state index in [9.17, 15) is 9.59 Å². The number of esters is 1. The van der Waals surface area contributed by atoms with Crippen molar-refractivity contribution >= 4 is 11.9 Å². The lowest BCUT2D eigenvalue weighted by Crippen LogP contribution is -2.48.